The first kappa shape index (κ1) is 15.1. The van der Waals surface area contributed by atoms with Crippen LogP contribution in [0.1, 0.15) is 62.9 Å². The number of fused-ring (bicyclic) bond motifs is 1. The summed E-state index contributed by atoms with van der Waals surface area (Å²) in [5.74, 6) is -0.618. The average Bonchev–Trinajstić information content (AvgIpc) is 3.19. The summed E-state index contributed by atoms with van der Waals surface area (Å²) < 4.78 is 6.77. The van der Waals surface area contributed by atoms with Gasteiger partial charge in [0.25, 0.3) is 0 Å². The Morgan fingerprint density at radius 2 is 2.18 bits per heavy atom. The molecule has 0 saturated heterocycles. The number of carbonyl (C=O) groups excluding carboxylic acids is 2. The molecule has 1 fully saturated rings. The van der Waals surface area contributed by atoms with Gasteiger partial charge < -0.3 is 10.1 Å². The predicted octanol–water partition coefficient (Wildman–Crippen LogP) is 1.91. The number of methoxy groups -OCH3 is 1. The average molecular weight is 305 g/mol. The summed E-state index contributed by atoms with van der Waals surface area (Å²) in [5, 5.41) is 7.53. The number of aryl methyl sites for hydroxylation is 1. The standard InChI is InChI=1S/C16H23N3O3/c1-10(2)19-13-11(9-17-19)5-4-6-12(13)18-14(20)16(7-8-16)15(21)22-3/h9-10,12H,4-8H2,1-3H3,(H,18,20)/t12-/m1/s1. The van der Waals surface area contributed by atoms with Crippen LogP contribution in [0.15, 0.2) is 6.20 Å². The third-order valence-electron chi connectivity index (χ3n) is 4.74. The van der Waals surface area contributed by atoms with Crippen LogP contribution >= 0.6 is 0 Å². The van der Waals surface area contributed by atoms with Crippen LogP contribution in [-0.4, -0.2) is 28.8 Å². The minimum atomic E-state index is -0.949. The maximum absolute atomic E-state index is 12.6. The van der Waals surface area contributed by atoms with Crippen molar-refractivity contribution in [2.75, 3.05) is 7.11 Å². The third kappa shape index (κ3) is 2.30. The Hall–Kier alpha value is -1.85. The molecule has 0 aromatic carbocycles. The zero-order valence-corrected chi connectivity index (χ0v) is 13.4. The van der Waals surface area contributed by atoms with Gasteiger partial charge in [-0.3, -0.25) is 14.3 Å². The van der Waals surface area contributed by atoms with Gasteiger partial charge in [-0.25, -0.2) is 0 Å². The number of hydrogen-bond donors (Lipinski definition) is 1. The summed E-state index contributed by atoms with van der Waals surface area (Å²) in [6, 6.07) is 0.181. The highest BCUT2D eigenvalue weighted by atomic mass is 16.5. The number of nitrogens with one attached hydrogen (secondary N) is 1. The third-order valence-corrected chi connectivity index (χ3v) is 4.74. The number of nitrogens with zero attached hydrogens (tertiary/aromatic N) is 2. The summed E-state index contributed by atoms with van der Waals surface area (Å²) in [7, 11) is 1.34. The molecular weight excluding hydrogens is 282 g/mol. The Morgan fingerprint density at radius 1 is 1.45 bits per heavy atom. The number of amides is 1. The smallest absolute Gasteiger partial charge is 0.321 e. The molecule has 1 N–H and O–H groups in total. The quantitative estimate of drug-likeness (QED) is 0.681. The topological polar surface area (TPSA) is 73.2 Å². The molecule has 3 rings (SSSR count). The lowest BCUT2D eigenvalue weighted by Crippen LogP contribution is -2.41. The van der Waals surface area contributed by atoms with E-state index in [-0.39, 0.29) is 18.0 Å². The maximum Gasteiger partial charge on any atom is 0.321 e. The van der Waals surface area contributed by atoms with Crippen molar-refractivity contribution in [1.29, 1.82) is 0 Å². The van der Waals surface area contributed by atoms with Gasteiger partial charge >= 0.3 is 5.97 Å². The summed E-state index contributed by atoms with van der Waals surface area (Å²) >= 11 is 0. The number of aromatic nitrogens is 2. The molecule has 1 heterocycles. The molecule has 22 heavy (non-hydrogen) atoms. The minimum absolute atomic E-state index is 0.0664. The highest BCUT2D eigenvalue weighted by molar-refractivity contribution is 6.05. The van der Waals surface area contributed by atoms with E-state index in [0.717, 1.165) is 25.0 Å². The summed E-state index contributed by atoms with van der Waals surface area (Å²) in [5.41, 5.74) is 1.35. The largest absolute Gasteiger partial charge is 0.468 e. The lowest BCUT2D eigenvalue weighted by molar-refractivity contribution is -0.152. The van der Waals surface area contributed by atoms with Crippen LogP contribution in [0.5, 0.6) is 0 Å². The van der Waals surface area contributed by atoms with Gasteiger partial charge in [0, 0.05) is 6.04 Å². The molecule has 120 valence electrons. The van der Waals surface area contributed by atoms with Crippen LogP contribution < -0.4 is 5.32 Å². The van der Waals surface area contributed by atoms with Gasteiger partial charge in [0.05, 0.1) is 25.0 Å². The minimum Gasteiger partial charge on any atom is -0.468 e. The van der Waals surface area contributed by atoms with Gasteiger partial charge in [0.2, 0.25) is 5.91 Å². The monoisotopic (exact) mass is 305 g/mol. The lowest BCUT2D eigenvalue weighted by Gasteiger charge is -2.27. The molecule has 0 spiro atoms. The molecule has 1 saturated carbocycles. The second-order valence-corrected chi connectivity index (χ2v) is 6.59. The predicted molar refractivity (Wildman–Crippen MR) is 80.1 cm³/mol. The first-order valence-electron chi connectivity index (χ1n) is 7.95. The molecule has 0 bridgehead atoms. The van der Waals surface area contributed by atoms with Crippen molar-refractivity contribution in [3.63, 3.8) is 0 Å². The SMILES string of the molecule is COC(=O)C1(C(=O)N[C@@H]2CCCc3cnn(C(C)C)c32)CC1. The Balaban J connectivity index is 1.82. The molecular formula is C16H23N3O3. The maximum atomic E-state index is 12.6. The van der Waals surface area contributed by atoms with Crippen molar-refractivity contribution in [2.24, 2.45) is 5.41 Å². The molecule has 2 aliphatic carbocycles. The van der Waals surface area contributed by atoms with E-state index in [1.807, 2.05) is 10.9 Å². The Bertz CT molecular complexity index is 602. The normalized spacial score (nSPS) is 22.1. The van der Waals surface area contributed by atoms with E-state index in [9.17, 15) is 9.59 Å². The first-order chi connectivity index (χ1) is 10.5. The van der Waals surface area contributed by atoms with Crippen LogP contribution in [0.25, 0.3) is 0 Å². The van der Waals surface area contributed by atoms with E-state index < -0.39 is 11.4 Å². The van der Waals surface area contributed by atoms with Crippen LogP contribution in [0.2, 0.25) is 0 Å². The van der Waals surface area contributed by atoms with Crippen LogP contribution in [0.4, 0.5) is 0 Å². The summed E-state index contributed by atoms with van der Waals surface area (Å²) in [6.07, 6.45) is 5.96. The van der Waals surface area contributed by atoms with E-state index in [1.165, 1.54) is 12.7 Å². The van der Waals surface area contributed by atoms with E-state index >= 15 is 0 Å². The van der Waals surface area contributed by atoms with Crippen LogP contribution in [0, 0.1) is 5.41 Å². The Kier molecular flexibility index (Phi) is 3.70. The molecule has 0 unspecified atom stereocenters. The Morgan fingerprint density at radius 3 is 2.77 bits per heavy atom. The molecule has 6 heteroatoms. The van der Waals surface area contributed by atoms with Gasteiger partial charge in [-0.15, -0.1) is 0 Å². The van der Waals surface area contributed by atoms with Crippen molar-refractivity contribution >= 4 is 11.9 Å². The zero-order chi connectivity index (χ0) is 15.9. The van der Waals surface area contributed by atoms with Crippen molar-refractivity contribution in [2.45, 2.75) is 58.0 Å². The molecule has 2 aliphatic rings. The molecule has 1 aromatic rings. The van der Waals surface area contributed by atoms with E-state index in [2.05, 4.69) is 24.3 Å². The second-order valence-electron chi connectivity index (χ2n) is 6.59. The highest BCUT2D eigenvalue weighted by Crippen LogP contribution is 2.47. The molecule has 1 atom stereocenters. The fourth-order valence-electron chi connectivity index (χ4n) is 3.31. The summed E-state index contributed by atoms with van der Waals surface area (Å²) in [6.45, 7) is 4.16. The molecule has 1 amide bonds. The van der Waals surface area contributed by atoms with E-state index in [0.29, 0.717) is 12.8 Å². The zero-order valence-electron chi connectivity index (χ0n) is 13.4. The number of hydrogen-bond acceptors (Lipinski definition) is 4. The second kappa shape index (κ2) is 5.41. The van der Waals surface area contributed by atoms with Crippen LogP contribution in [0.3, 0.4) is 0 Å². The highest BCUT2D eigenvalue weighted by Gasteiger charge is 2.58. The fourth-order valence-corrected chi connectivity index (χ4v) is 3.31. The van der Waals surface area contributed by atoms with Crippen LogP contribution in [-0.2, 0) is 20.7 Å². The Labute approximate surface area is 130 Å². The molecule has 0 radical (unpaired) electrons. The number of esters is 1. The number of ether oxygens (including phenoxy) is 1. The van der Waals surface area contributed by atoms with Gasteiger partial charge in [-0.2, -0.15) is 5.10 Å². The van der Waals surface area contributed by atoms with Crippen molar-refractivity contribution in [3.8, 4) is 0 Å². The van der Waals surface area contributed by atoms with E-state index in [1.54, 1.807) is 0 Å². The van der Waals surface area contributed by atoms with Gasteiger partial charge in [-0.1, -0.05) is 0 Å². The first-order valence-corrected chi connectivity index (χ1v) is 7.95. The lowest BCUT2D eigenvalue weighted by atomic mass is 9.92. The summed E-state index contributed by atoms with van der Waals surface area (Å²) in [4.78, 5) is 24.4. The number of rotatable bonds is 4. The van der Waals surface area contributed by atoms with Crippen molar-refractivity contribution < 1.29 is 14.3 Å². The fraction of sp³-hybridized carbons (Fsp3) is 0.688. The molecule has 0 aliphatic heterocycles. The van der Waals surface area contributed by atoms with Crippen molar-refractivity contribution in [3.05, 3.63) is 17.5 Å². The molecule has 6 nitrogen and oxygen atoms in total. The number of carbonyl (C=O) groups is 2. The van der Waals surface area contributed by atoms with Gasteiger partial charge in [0.15, 0.2) is 0 Å². The molecule has 1 aromatic heterocycles. The van der Waals surface area contributed by atoms with Gasteiger partial charge in [-0.05, 0) is 51.5 Å². The van der Waals surface area contributed by atoms with Crippen molar-refractivity contribution in [1.82, 2.24) is 15.1 Å². The van der Waals surface area contributed by atoms with Gasteiger partial charge in [0.1, 0.15) is 5.41 Å². The van der Waals surface area contributed by atoms with E-state index in [4.69, 9.17) is 4.74 Å².